The maximum Gasteiger partial charge on any atom is 0.358 e. The van der Waals surface area contributed by atoms with Crippen LogP contribution in [0.1, 0.15) is 23.0 Å². The lowest BCUT2D eigenvalue weighted by Gasteiger charge is -2.13. The smallest absolute Gasteiger partial charge is 0.358 e. The van der Waals surface area contributed by atoms with E-state index in [1.807, 2.05) is 0 Å². The fourth-order valence-corrected chi connectivity index (χ4v) is 3.61. The average Bonchev–Trinajstić information content (AvgIpc) is 2.72. The molecular weight excluding hydrogens is 409 g/mol. The Balaban J connectivity index is 2.09. The molecule has 154 valence electrons. The molecule has 30 heavy (non-hydrogen) atoms. The van der Waals surface area contributed by atoms with E-state index < -0.39 is 17.3 Å². The summed E-state index contributed by atoms with van der Waals surface area (Å²) in [4.78, 5) is 37.5. The highest BCUT2D eigenvalue weighted by Gasteiger charge is 2.21. The highest BCUT2D eigenvalue weighted by Crippen LogP contribution is 2.30. The molecule has 7 nitrogen and oxygen atoms in total. The third kappa shape index (κ3) is 4.57. The van der Waals surface area contributed by atoms with Crippen LogP contribution < -0.4 is 10.9 Å². The second kappa shape index (κ2) is 8.91. The molecule has 0 aliphatic heterocycles. The minimum atomic E-state index is -0.689. The van der Waals surface area contributed by atoms with E-state index in [0.29, 0.717) is 16.9 Å². The van der Waals surface area contributed by atoms with Gasteiger partial charge in [-0.05, 0) is 55.5 Å². The van der Waals surface area contributed by atoms with Gasteiger partial charge < -0.3 is 10.1 Å². The molecule has 0 unspecified atom stereocenters. The predicted octanol–water partition coefficient (Wildman–Crippen LogP) is 3.58. The Bertz CT molecular complexity index is 1160. The number of ether oxygens (including phenoxy) is 1. The van der Waals surface area contributed by atoms with Gasteiger partial charge in [0.1, 0.15) is 5.82 Å². The summed E-state index contributed by atoms with van der Waals surface area (Å²) in [5.74, 6) is -1.34. The molecule has 1 heterocycles. The van der Waals surface area contributed by atoms with Gasteiger partial charge in [-0.2, -0.15) is 9.78 Å². The van der Waals surface area contributed by atoms with Gasteiger partial charge in [-0.25, -0.2) is 9.18 Å². The van der Waals surface area contributed by atoms with Crippen LogP contribution in [0.4, 0.5) is 10.1 Å². The Hall–Kier alpha value is -3.46. The number of esters is 1. The van der Waals surface area contributed by atoms with Gasteiger partial charge in [0, 0.05) is 23.1 Å². The second-order valence-corrected chi connectivity index (χ2v) is 7.38. The summed E-state index contributed by atoms with van der Waals surface area (Å²) in [5, 5.41) is 6.81. The maximum atomic E-state index is 13.3. The number of nitrogens with one attached hydrogen (secondary N) is 1. The maximum absolute atomic E-state index is 13.3. The van der Waals surface area contributed by atoms with Gasteiger partial charge >= 0.3 is 5.97 Å². The molecule has 0 aliphatic carbocycles. The zero-order valence-corrected chi connectivity index (χ0v) is 17.2. The van der Waals surface area contributed by atoms with Crippen molar-refractivity contribution in [1.82, 2.24) is 9.78 Å². The van der Waals surface area contributed by atoms with Crippen LogP contribution >= 0.6 is 11.8 Å². The average molecular weight is 427 g/mol. The van der Waals surface area contributed by atoms with Gasteiger partial charge in [0.05, 0.1) is 17.7 Å². The van der Waals surface area contributed by atoms with E-state index in [1.165, 1.54) is 38.3 Å². The number of hydrogen-bond acceptors (Lipinski definition) is 6. The first-order valence-corrected chi connectivity index (χ1v) is 9.65. The molecule has 1 N–H and O–H groups in total. The normalized spacial score (nSPS) is 10.5. The number of aromatic nitrogens is 2. The molecule has 0 atom stereocenters. The monoisotopic (exact) mass is 427 g/mol. The summed E-state index contributed by atoms with van der Waals surface area (Å²) in [5.41, 5.74) is 0.842. The molecule has 0 aliphatic rings. The van der Waals surface area contributed by atoms with Crippen LogP contribution in [0.15, 0.2) is 63.1 Å². The molecule has 0 spiro atoms. The number of benzene rings is 2. The summed E-state index contributed by atoms with van der Waals surface area (Å²) in [6.07, 6.45) is 0. The Morgan fingerprint density at radius 1 is 1.10 bits per heavy atom. The number of carbonyl (C=O) groups is 2. The standard InChI is InChI=1S/C21H18FN3O4S/c1-12-18(21(28)29-3)24-25(16-8-4-14(22)5-9-16)20(27)19(12)30-17-10-6-15(7-11-17)23-13(2)26/h4-11H,1-3H3,(H,23,26). The van der Waals surface area contributed by atoms with Gasteiger partial charge in [0.2, 0.25) is 5.91 Å². The van der Waals surface area contributed by atoms with Crippen LogP contribution in [0, 0.1) is 12.7 Å². The molecule has 1 amide bonds. The molecule has 9 heteroatoms. The molecule has 0 bridgehead atoms. The summed E-state index contributed by atoms with van der Waals surface area (Å²) < 4.78 is 19.1. The van der Waals surface area contributed by atoms with Crippen molar-refractivity contribution in [2.45, 2.75) is 23.6 Å². The van der Waals surface area contributed by atoms with Crippen molar-refractivity contribution in [1.29, 1.82) is 0 Å². The van der Waals surface area contributed by atoms with Crippen molar-refractivity contribution in [3.05, 3.63) is 76.0 Å². The zero-order valence-electron chi connectivity index (χ0n) is 16.4. The molecule has 0 saturated carbocycles. The van der Waals surface area contributed by atoms with Crippen LogP contribution in [0.5, 0.6) is 0 Å². The van der Waals surface area contributed by atoms with Gasteiger partial charge in [0.15, 0.2) is 5.69 Å². The van der Waals surface area contributed by atoms with Gasteiger partial charge in [-0.1, -0.05) is 11.8 Å². The van der Waals surface area contributed by atoms with Crippen LogP contribution in [0.2, 0.25) is 0 Å². The van der Waals surface area contributed by atoms with E-state index in [0.717, 1.165) is 21.3 Å². The molecule has 0 radical (unpaired) electrons. The van der Waals surface area contributed by atoms with Crippen LogP contribution in [-0.4, -0.2) is 28.8 Å². The topological polar surface area (TPSA) is 90.3 Å². The van der Waals surface area contributed by atoms with Crippen LogP contribution in [-0.2, 0) is 9.53 Å². The molecule has 0 saturated heterocycles. The van der Waals surface area contributed by atoms with E-state index in [4.69, 9.17) is 4.74 Å². The third-order valence-electron chi connectivity index (χ3n) is 4.13. The first kappa shape index (κ1) is 21.3. The molecular formula is C21H18FN3O4S. The number of methoxy groups -OCH3 is 1. The van der Waals surface area contributed by atoms with Crippen molar-refractivity contribution >= 4 is 29.3 Å². The molecule has 0 fully saturated rings. The fraction of sp³-hybridized carbons (Fsp3) is 0.143. The van der Waals surface area contributed by atoms with E-state index in [2.05, 4.69) is 10.4 Å². The summed E-state index contributed by atoms with van der Waals surface area (Å²) in [6, 6.07) is 12.1. The van der Waals surface area contributed by atoms with E-state index in [1.54, 1.807) is 31.2 Å². The Morgan fingerprint density at radius 3 is 2.30 bits per heavy atom. The zero-order chi connectivity index (χ0) is 21.8. The molecule has 3 rings (SSSR count). The first-order valence-electron chi connectivity index (χ1n) is 8.84. The molecule has 1 aromatic heterocycles. The van der Waals surface area contributed by atoms with Crippen LogP contribution in [0.25, 0.3) is 5.69 Å². The number of halogens is 1. The Labute approximate surface area is 175 Å². The van der Waals surface area contributed by atoms with Crippen molar-refractivity contribution in [2.24, 2.45) is 0 Å². The summed E-state index contributed by atoms with van der Waals surface area (Å²) >= 11 is 1.15. The van der Waals surface area contributed by atoms with Crippen LogP contribution in [0.3, 0.4) is 0 Å². The van der Waals surface area contributed by atoms with Crippen molar-refractivity contribution in [2.75, 3.05) is 12.4 Å². The minimum Gasteiger partial charge on any atom is -0.464 e. The van der Waals surface area contributed by atoms with Crippen molar-refractivity contribution in [3.8, 4) is 5.69 Å². The van der Waals surface area contributed by atoms with E-state index >= 15 is 0 Å². The van der Waals surface area contributed by atoms with Gasteiger partial charge in [-0.3, -0.25) is 9.59 Å². The van der Waals surface area contributed by atoms with E-state index in [9.17, 15) is 18.8 Å². The van der Waals surface area contributed by atoms with Crippen molar-refractivity contribution in [3.63, 3.8) is 0 Å². The fourth-order valence-electron chi connectivity index (χ4n) is 2.68. The lowest BCUT2D eigenvalue weighted by molar-refractivity contribution is -0.114. The summed E-state index contributed by atoms with van der Waals surface area (Å²) in [6.45, 7) is 3.03. The first-order chi connectivity index (χ1) is 14.3. The highest BCUT2D eigenvalue weighted by molar-refractivity contribution is 7.99. The SMILES string of the molecule is COC(=O)c1nn(-c2ccc(F)cc2)c(=O)c(Sc2ccc(NC(C)=O)cc2)c1C. The minimum absolute atomic E-state index is 0.0150. The van der Waals surface area contributed by atoms with E-state index in [-0.39, 0.29) is 16.5 Å². The molecule has 3 aromatic rings. The van der Waals surface area contributed by atoms with Gasteiger partial charge in [-0.15, -0.1) is 0 Å². The van der Waals surface area contributed by atoms with Crippen molar-refractivity contribution < 1.29 is 18.7 Å². The lowest BCUT2D eigenvalue weighted by Crippen LogP contribution is -2.27. The number of hydrogen-bond donors (Lipinski definition) is 1. The predicted molar refractivity (Wildman–Crippen MR) is 111 cm³/mol. The lowest BCUT2D eigenvalue weighted by atomic mass is 10.2. The number of carbonyl (C=O) groups excluding carboxylic acids is 2. The number of amides is 1. The third-order valence-corrected chi connectivity index (χ3v) is 5.32. The highest BCUT2D eigenvalue weighted by atomic mass is 32.2. The Kier molecular flexibility index (Phi) is 6.31. The number of nitrogens with zero attached hydrogens (tertiary/aromatic N) is 2. The van der Waals surface area contributed by atoms with Gasteiger partial charge in [0.25, 0.3) is 5.56 Å². The number of rotatable bonds is 5. The summed E-state index contributed by atoms with van der Waals surface area (Å²) in [7, 11) is 1.23. The number of anilines is 1. The quantitative estimate of drug-likeness (QED) is 0.626. The second-order valence-electron chi connectivity index (χ2n) is 6.30. The molecule has 2 aromatic carbocycles. The largest absolute Gasteiger partial charge is 0.464 e. The Morgan fingerprint density at radius 2 is 1.73 bits per heavy atom.